The zero-order valence-corrected chi connectivity index (χ0v) is 17.2. The summed E-state index contributed by atoms with van der Waals surface area (Å²) in [4.78, 5) is 15.1. The van der Waals surface area contributed by atoms with Crippen LogP contribution in [0.2, 0.25) is 0 Å². The second kappa shape index (κ2) is 7.73. The molecule has 27 heavy (non-hydrogen) atoms. The molecule has 2 saturated heterocycles. The van der Waals surface area contributed by atoms with Crippen molar-refractivity contribution in [1.82, 2.24) is 14.7 Å². The zero-order chi connectivity index (χ0) is 19.0. The summed E-state index contributed by atoms with van der Waals surface area (Å²) in [5.74, 6) is 0.448. The molecule has 2 fully saturated rings. The molecule has 0 radical (unpaired) electrons. The molecule has 2 aliphatic rings. The summed E-state index contributed by atoms with van der Waals surface area (Å²) in [5, 5.41) is 4.62. The molecule has 0 N–H and O–H groups in total. The van der Waals surface area contributed by atoms with Crippen LogP contribution in [0, 0.1) is 19.8 Å². The van der Waals surface area contributed by atoms with E-state index in [1.807, 2.05) is 47.7 Å². The topological polar surface area (TPSA) is 56.6 Å². The summed E-state index contributed by atoms with van der Waals surface area (Å²) in [5.41, 5.74) is 3.31. The van der Waals surface area contributed by atoms with Crippen molar-refractivity contribution in [2.45, 2.75) is 33.0 Å². The molecule has 1 aromatic carbocycles. The number of aromatic nitrogens is 2. The Morgan fingerprint density at radius 3 is 2.37 bits per heavy atom. The minimum atomic E-state index is -0.0918. The lowest BCUT2D eigenvalue weighted by atomic mass is 9.95. The minimum Gasteiger partial charge on any atom is -0.350 e. The van der Waals surface area contributed by atoms with Gasteiger partial charge in [-0.25, -0.2) is 4.68 Å². The van der Waals surface area contributed by atoms with E-state index in [1.165, 1.54) is 0 Å². The number of piperidine rings is 1. The first-order valence-electron chi connectivity index (χ1n) is 9.39. The number of carbonyl (C=O) groups is 1. The van der Waals surface area contributed by atoms with Crippen LogP contribution in [-0.4, -0.2) is 53.2 Å². The number of nitrogens with zero attached hydrogens (tertiary/aromatic N) is 3. The first kappa shape index (κ1) is 18.7. The molecule has 6 nitrogen and oxygen atoms in total. The molecule has 1 amide bonds. The highest BCUT2D eigenvalue weighted by molar-refractivity contribution is 9.10. The van der Waals surface area contributed by atoms with Gasteiger partial charge in [0.05, 0.1) is 35.9 Å². The van der Waals surface area contributed by atoms with E-state index in [9.17, 15) is 4.79 Å². The SMILES string of the molecule is Cc1nn(-c2ccc(Br)cc2)c(C)c1C(=O)N1CCC(C2OCCO2)CC1. The van der Waals surface area contributed by atoms with Gasteiger partial charge >= 0.3 is 0 Å². The van der Waals surface area contributed by atoms with Gasteiger partial charge in [0.1, 0.15) is 0 Å². The first-order valence-corrected chi connectivity index (χ1v) is 10.2. The van der Waals surface area contributed by atoms with Crippen molar-refractivity contribution in [3.63, 3.8) is 0 Å². The molecular formula is C20H24BrN3O3. The van der Waals surface area contributed by atoms with Gasteiger partial charge in [-0.05, 0) is 51.0 Å². The van der Waals surface area contributed by atoms with Crippen LogP contribution in [0.3, 0.4) is 0 Å². The van der Waals surface area contributed by atoms with Crippen molar-refractivity contribution >= 4 is 21.8 Å². The van der Waals surface area contributed by atoms with Crippen LogP contribution in [-0.2, 0) is 9.47 Å². The van der Waals surface area contributed by atoms with E-state index in [0.717, 1.165) is 47.5 Å². The maximum atomic E-state index is 13.2. The Labute approximate surface area is 167 Å². The van der Waals surface area contributed by atoms with Gasteiger partial charge in [0, 0.05) is 23.5 Å². The Hall–Kier alpha value is -1.70. The van der Waals surface area contributed by atoms with Crippen LogP contribution in [0.5, 0.6) is 0 Å². The Kier molecular flexibility index (Phi) is 5.34. The van der Waals surface area contributed by atoms with Crippen molar-refractivity contribution in [2.75, 3.05) is 26.3 Å². The molecule has 1 aromatic heterocycles. The lowest BCUT2D eigenvalue weighted by molar-refractivity contribution is -0.0956. The van der Waals surface area contributed by atoms with Crippen LogP contribution in [0.15, 0.2) is 28.7 Å². The smallest absolute Gasteiger partial charge is 0.257 e. The average Bonchev–Trinajstić information content (AvgIpc) is 3.31. The van der Waals surface area contributed by atoms with Crippen molar-refractivity contribution < 1.29 is 14.3 Å². The second-order valence-corrected chi connectivity index (χ2v) is 8.09. The van der Waals surface area contributed by atoms with E-state index in [1.54, 1.807) is 0 Å². The molecule has 2 aliphatic heterocycles. The lowest BCUT2D eigenvalue weighted by Gasteiger charge is -2.33. The van der Waals surface area contributed by atoms with E-state index in [-0.39, 0.29) is 12.2 Å². The highest BCUT2D eigenvalue weighted by Crippen LogP contribution is 2.28. The van der Waals surface area contributed by atoms with Gasteiger partial charge in [0.15, 0.2) is 6.29 Å². The number of amides is 1. The number of aryl methyl sites for hydroxylation is 1. The molecule has 2 aromatic rings. The van der Waals surface area contributed by atoms with Gasteiger partial charge in [-0.2, -0.15) is 5.10 Å². The summed E-state index contributed by atoms with van der Waals surface area (Å²) < 4.78 is 14.1. The van der Waals surface area contributed by atoms with Crippen LogP contribution in [0.1, 0.15) is 34.6 Å². The van der Waals surface area contributed by atoms with Crippen molar-refractivity contribution in [3.8, 4) is 5.69 Å². The predicted octanol–water partition coefficient (Wildman–Crippen LogP) is 3.48. The molecule has 3 heterocycles. The summed E-state index contributed by atoms with van der Waals surface area (Å²) in [6.45, 7) is 6.68. The van der Waals surface area contributed by atoms with Crippen LogP contribution in [0.4, 0.5) is 0 Å². The Bertz CT molecular complexity index is 820. The zero-order valence-electron chi connectivity index (χ0n) is 15.7. The molecule has 0 atom stereocenters. The predicted molar refractivity (Wildman–Crippen MR) is 105 cm³/mol. The monoisotopic (exact) mass is 433 g/mol. The number of ether oxygens (including phenoxy) is 2. The summed E-state index contributed by atoms with van der Waals surface area (Å²) >= 11 is 3.45. The standard InChI is InChI=1S/C20H24BrN3O3/c1-13-18(14(2)24(22-13)17-5-3-16(21)4-6-17)19(25)23-9-7-15(8-10-23)20-26-11-12-27-20/h3-6,15,20H,7-12H2,1-2H3. The van der Waals surface area contributed by atoms with E-state index < -0.39 is 0 Å². The van der Waals surface area contributed by atoms with Crippen molar-refractivity contribution in [2.24, 2.45) is 5.92 Å². The lowest BCUT2D eigenvalue weighted by Crippen LogP contribution is -2.41. The maximum absolute atomic E-state index is 13.2. The summed E-state index contributed by atoms with van der Waals surface area (Å²) in [7, 11) is 0. The van der Waals surface area contributed by atoms with E-state index in [4.69, 9.17) is 9.47 Å². The van der Waals surface area contributed by atoms with E-state index in [2.05, 4.69) is 21.0 Å². The number of hydrogen-bond donors (Lipinski definition) is 0. The van der Waals surface area contributed by atoms with Gasteiger partial charge in [0.25, 0.3) is 5.91 Å². The van der Waals surface area contributed by atoms with Crippen LogP contribution < -0.4 is 0 Å². The number of likely N-dealkylation sites (tertiary alicyclic amines) is 1. The highest BCUT2D eigenvalue weighted by Gasteiger charge is 2.33. The molecule has 7 heteroatoms. The summed E-state index contributed by atoms with van der Waals surface area (Å²) in [6.07, 6.45) is 1.73. The molecule has 144 valence electrons. The number of halogens is 1. The third-order valence-corrected chi connectivity index (χ3v) is 5.96. The number of rotatable bonds is 3. The normalized spacial score (nSPS) is 19.0. The molecule has 0 bridgehead atoms. The van der Waals surface area contributed by atoms with Gasteiger partial charge in [-0.1, -0.05) is 15.9 Å². The Morgan fingerprint density at radius 2 is 1.74 bits per heavy atom. The third kappa shape index (κ3) is 3.68. The van der Waals surface area contributed by atoms with Crippen molar-refractivity contribution in [3.05, 3.63) is 45.7 Å². The van der Waals surface area contributed by atoms with Crippen LogP contribution >= 0.6 is 15.9 Å². The summed E-state index contributed by atoms with van der Waals surface area (Å²) in [6, 6.07) is 7.94. The Morgan fingerprint density at radius 1 is 1.11 bits per heavy atom. The van der Waals surface area contributed by atoms with Gasteiger partial charge in [-0.15, -0.1) is 0 Å². The fraction of sp³-hybridized carbons (Fsp3) is 0.500. The molecule has 4 rings (SSSR count). The first-order chi connectivity index (χ1) is 13.0. The fourth-order valence-corrected chi connectivity index (χ4v) is 4.23. The molecule has 0 aliphatic carbocycles. The van der Waals surface area contributed by atoms with Gasteiger partial charge in [-0.3, -0.25) is 4.79 Å². The largest absolute Gasteiger partial charge is 0.350 e. The molecule has 0 spiro atoms. The fourth-order valence-electron chi connectivity index (χ4n) is 3.97. The molecular weight excluding hydrogens is 410 g/mol. The maximum Gasteiger partial charge on any atom is 0.257 e. The number of benzene rings is 1. The van der Waals surface area contributed by atoms with E-state index >= 15 is 0 Å². The number of carbonyl (C=O) groups excluding carboxylic acids is 1. The van der Waals surface area contributed by atoms with Gasteiger partial charge in [0.2, 0.25) is 0 Å². The minimum absolute atomic E-state index is 0.0695. The Balaban J connectivity index is 1.50. The number of hydrogen-bond acceptors (Lipinski definition) is 4. The quantitative estimate of drug-likeness (QED) is 0.743. The van der Waals surface area contributed by atoms with Gasteiger partial charge < -0.3 is 14.4 Å². The average molecular weight is 434 g/mol. The molecule has 0 unspecified atom stereocenters. The highest BCUT2D eigenvalue weighted by atomic mass is 79.9. The van der Waals surface area contributed by atoms with E-state index in [0.29, 0.717) is 24.7 Å². The van der Waals surface area contributed by atoms with Crippen LogP contribution in [0.25, 0.3) is 5.69 Å². The third-order valence-electron chi connectivity index (χ3n) is 5.44. The molecule has 0 saturated carbocycles. The van der Waals surface area contributed by atoms with Crippen molar-refractivity contribution in [1.29, 1.82) is 0 Å². The second-order valence-electron chi connectivity index (χ2n) is 7.17.